The smallest absolute Gasteiger partial charge is 0.136 e. The molecule has 1 aromatic heterocycles. The molecule has 0 atom stereocenters. The summed E-state index contributed by atoms with van der Waals surface area (Å²) >= 11 is 0. The molecule has 0 saturated heterocycles. The zero-order valence-electron chi connectivity index (χ0n) is 10.1. The largest absolute Gasteiger partial charge is 0.344 e. The molecule has 0 fully saturated rings. The number of allylic oxidation sites excluding steroid dienone is 2. The summed E-state index contributed by atoms with van der Waals surface area (Å²) in [6.07, 6.45) is 5.07. The number of hydrogen-bond donors (Lipinski definition) is 1. The zero-order valence-corrected chi connectivity index (χ0v) is 10.1. The molecule has 0 aliphatic carbocycles. The van der Waals surface area contributed by atoms with Crippen LogP contribution in [0.2, 0.25) is 0 Å². The summed E-state index contributed by atoms with van der Waals surface area (Å²) < 4.78 is 2.17. The Bertz CT molecular complexity index is 359. The van der Waals surface area contributed by atoms with Crippen LogP contribution in [0.3, 0.4) is 0 Å². The van der Waals surface area contributed by atoms with Gasteiger partial charge in [0.1, 0.15) is 5.82 Å². The fourth-order valence-electron chi connectivity index (χ4n) is 1.55. The molecular formula is C12H21N3. The van der Waals surface area contributed by atoms with Gasteiger partial charge in [-0.2, -0.15) is 0 Å². The van der Waals surface area contributed by atoms with E-state index in [-0.39, 0.29) is 6.15 Å². The molecule has 1 aromatic rings. The molecule has 2 heterocycles. The molecule has 1 aliphatic heterocycles. The predicted octanol–water partition coefficient (Wildman–Crippen LogP) is 3.95. The second kappa shape index (κ2) is 6.19. The molecule has 0 aromatic carbocycles. The molecule has 3 nitrogen and oxygen atoms in total. The zero-order chi connectivity index (χ0) is 10.6. The Balaban J connectivity index is 0.000000617. The Morgan fingerprint density at radius 1 is 1.20 bits per heavy atom. The van der Waals surface area contributed by atoms with E-state index < -0.39 is 0 Å². The van der Waals surface area contributed by atoms with Gasteiger partial charge in [0.15, 0.2) is 0 Å². The maximum Gasteiger partial charge on any atom is 0.136 e. The molecule has 2 rings (SSSR count). The first kappa shape index (κ1) is 13.7. The average Bonchev–Trinajstić information content (AvgIpc) is 2.46. The van der Waals surface area contributed by atoms with Crippen molar-refractivity contribution in [3.8, 4) is 0 Å². The molecule has 1 aliphatic rings. The van der Waals surface area contributed by atoms with E-state index in [2.05, 4.69) is 41.6 Å². The lowest BCUT2D eigenvalue weighted by molar-refractivity contribution is 1.03. The summed E-state index contributed by atoms with van der Waals surface area (Å²) in [5.41, 5.74) is 2.52. The van der Waals surface area contributed by atoms with Crippen LogP contribution in [-0.2, 0) is 0 Å². The Morgan fingerprint density at radius 2 is 1.87 bits per heavy atom. The van der Waals surface area contributed by atoms with Crippen molar-refractivity contribution in [1.29, 1.82) is 0 Å². The molecule has 0 spiro atoms. The lowest BCUT2D eigenvalue weighted by Crippen LogP contribution is -1.93. The fourth-order valence-corrected chi connectivity index (χ4v) is 1.55. The summed E-state index contributed by atoms with van der Waals surface area (Å²) in [6.45, 7) is 8.22. The predicted molar refractivity (Wildman–Crippen MR) is 68.3 cm³/mol. The maximum atomic E-state index is 4.34. The van der Waals surface area contributed by atoms with Crippen LogP contribution >= 0.6 is 0 Å². The number of hydrogen-bond acceptors (Lipinski definition) is 2. The van der Waals surface area contributed by atoms with Crippen LogP contribution in [0.1, 0.15) is 32.9 Å². The molecule has 84 valence electrons. The molecule has 0 amide bonds. The second-order valence-electron chi connectivity index (χ2n) is 3.06. The van der Waals surface area contributed by atoms with Gasteiger partial charge in [0.25, 0.3) is 0 Å². The molecule has 0 radical (unpaired) electrons. The lowest BCUT2D eigenvalue weighted by atomic mass is 10.3. The van der Waals surface area contributed by atoms with Crippen LogP contribution in [0.25, 0.3) is 5.70 Å². The van der Waals surface area contributed by atoms with Crippen LogP contribution in [0, 0.1) is 6.92 Å². The highest BCUT2D eigenvalue weighted by molar-refractivity contribution is 5.70. The van der Waals surface area contributed by atoms with E-state index in [0.717, 1.165) is 12.2 Å². The van der Waals surface area contributed by atoms with Crippen LogP contribution in [0.5, 0.6) is 0 Å². The lowest BCUT2D eigenvalue weighted by Gasteiger charge is -2.06. The van der Waals surface area contributed by atoms with Gasteiger partial charge in [-0.3, -0.25) is 0 Å². The SMILES string of the molecule is CC.CC1=CCC=Nc2ccc(C)n21.N. The quantitative estimate of drug-likeness (QED) is 0.688. The monoisotopic (exact) mass is 207 g/mol. The van der Waals surface area contributed by atoms with Gasteiger partial charge < -0.3 is 10.7 Å². The number of rotatable bonds is 0. The van der Waals surface area contributed by atoms with Gasteiger partial charge >= 0.3 is 0 Å². The van der Waals surface area contributed by atoms with Gasteiger partial charge in [-0.25, -0.2) is 4.99 Å². The first-order chi connectivity index (χ1) is 6.79. The minimum atomic E-state index is 0. The van der Waals surface area contributed by atoms with Crippen molar-refractivity contribution in [3.05, 3.63) is 23.9 Å². The molecule has 0 unspecified atom stereocenters. The van der Waals surface area contributed by atoms with E-state index in [1.807, 2.05) is 20.1 Å². The molecule has 3 heteroatoms. The van der Waals surface area contributed by atoms with Crippen LogP contribution in [-0.4, -0.2) is 10.8 Å². The van der Waals surface area contributed by atoms with Gasteiger partial charge in [0, 0.05) is 24.0 Å². The molecule has 0 saturated carbocycles. The van der Waals surface area contributed by atoms with E-state index in [1.54, 1.807) is 0 Å². The average molecular weight is 207 g/mol. The third kappa shape index (κ3) is 2.80. The van der Waals surface area contributed by atoms with Crippen LogP contribution in [0.4, 0.5) is 5.82 Å². The number of fused-ring (bicyclic) bond motifs is 1. The second-order valence-corrected chi connectivity index (χ2v) is 3.06. The van der Waals surface area contributed by atoms with Crippen molar-refractivity contribution < 1.29 is 0 Å². The maximum absolute atomic E-state index is 4.34. The number of aryl methyl sites for hydroxylation is 1. The van der Waals surface area contributed by atoms with Gasteiger partial charge in [-0.05, 0) is 26.0 Å². The van der Waals surface area contributed by atoms with E-state index in [0.29, 0.717) is 0 Å². The summed E-state index contributed by atoms with van der Waals surface area (Å²) in [6, 6.07) is 4.14. The summed E-state index contributed by atoms with van der Waals surface area (Å²) in [5, 5.41) is 0. The highest BCUT2D eigenvalue weighted by Crippen LogP contribution is 2.23. The Hall–Kier alpha value is -1.35. The van der Waals surface area contributed by atoms with Crippen molar-refractivity contribution in [3.63, 3.8) is 0 Å². The Labute approximate surface area is 92.1 Å². The fraction of sp³-hybridized carbons (Fsp3) is 0.417. The van der Waals surface area contributed by atoms with E-state index in [4.69, 9.17) is 0 Å². The first-order valence-corrected chi connectivity index (χ1v) is 5.17. The highest BCUT2D eigenvalue weighted by atomic mass is 15.1. The van der Waals surface area contributed by atoms with Crippen molar-refractivity contribution in [2.24, 2.45) is 4.99 Å². The van der Waals surface area contributed by atoms with Gasteiger partial charge in [0.05, 0.1) is 0 Å². The van der Waals surface area contributed by atoms with Crippen molar-refractivity contribution in [2.75, 3.05) is 0 Å². The number of aliphatic imine (C=N–C) groups is 1. The summed E-state index contributed by atoms with van der Waals surface area (Å²) in [7, 11) is 0. The molecule has 3 N–H and O–H groups in total. The molecule has 0 bridgehead atoms. The first-order valence-electron chi connectivity index (χ1n) is 5.17. The van der Waals surface area contributed by atoms with Gasteiger partial charge in [0.2, 0.25) is 0 Å². The van der Waals surface area contributed by atoms with Crippen LogP contribution < -0.4 is 6.15 Å². The van der Waals surface area contributed by atoms with Crippen molar-refractivity contribution >= 4 is 17.7 Å². The summed E-state index contributed by atoms with van der Waals surface area (Å²) in [4.78, 5) is 4.34. The normalized spacial score (nSPS) is 12.7. The topological polar surface area (TPSA) is 52.3 Å². The minimum Gasteiger partial charge on any atom is -0.344 e. The standard InChI is InChI=1S/C10H12N2.C2H6.H3N/c1-8-4-3-7-11-10-6-5-9(2)12(8)10;1-2;/h4-7H,3H2,1-2H3;1-2H3;1H3. The van der Waals surface area contributed by atoms with Gasteiger partial charge in [-0.15, -0.1) is 0 Å². The Kier molecular flexibility index (Phi) is 5.64. The van der Waals surface area contributed by atoms with Crippen LogP contribution in [0.15, 0.2) is 23.2 Å². The third-order valence-corrected chi connectivity index (χ3v) is 2.15. The van der Waals surface area contributed by atoms with Crippen molar-refractivity contribution in [1.82, 2.24) is 10.7 Å². The van der Waals surface area contributed by atoms with Gasteiger partial charge in [-0.1, -0.05) is 19.9 Å². The molecular weight excluding hydrogens is 186 g/mol. The minimum absolute atomic E-state index is 0. The Morgan fingerprint density at radius 3 is 2.53 bits per heavy atom. The van der Waals surface area contributed by atoms with Crippen molar-refractivity contribution in [2.45, 2.75) is 34.1 Å². The third-order valence-electron chi connectivity index (χ3n) is 2.15. The van der Waals surface area contributed by atoms with E-state index >= 15 is 0 Å². The van der Waals surface area contributed by atoms with E-state index in [1.165, 1.54) is 11.4 Å². The van der Waals surface area contributed by atoms with E-state index in [9.17, 15) is 0 Å². The molecule has 15 heavy (non-hydrogen) atoms. The number of nitrogens with zero attached hydrogens (tertiary/aromatic N) is 2. The highest BCUT2D eigenvalue weighted by Gasteiger charge is 2.06. The summed E-state index contributed by atoms with van der Waals surface area (Å²) in [5.74, 6) is 1.04. The number of aromatic nitrogens is 1.